The highest BCUT2D eigenvalue weighted by molar-refractivity contribution is 5.97. The number of carbonyl (C=O) groups excluding carboxylic acids is 1. The molecule has 2 aromatic rings. The molecule has 104 valence electrons. The topological polar surface area (TPSA) is 92.1 Å². The van der Waals surface area contributed by atoms with Crippen molar-refractivity contribution < 1.29 is 14.1 Å². The van der Waals surface area contributed by atoms with Crippen LogP contribution in [0.2, 0.25) is 0 Å². The zero-order valence-corrected chi connectivity index (χ0v) is 10.5. The number of aromatic amines is 1. The Morgan fingerprint density at radius 3 is 2.90 bits per heavy atom. The number of nitrogens with one attached hydrogen (secondary N) is 1. The molecule has 0 saturated heterocycles. The quantitative estimate of drug-likeness (QED) is 0.681. The van der Waals surface area contributed by atoms with Gasteiger partial charge in [-0.05, 0) is 12.1 Å². The summed E-state index contributed by atoms with van der Waals surface area (Å²) in [5, 5.41) is 10.9. The van der Waals surface area contributed by atoms with Crippen LogP contribution in [0.4, 0.5) is 10.1 Å². The van der Waals surface area contributed by atoms with E-state index in [4.69, 9.17) is 0 Å². The summed E-state index contributed by atoms with van der Waals surface area (Å²) in [6, 6.07) is 2.78. The molecule has 0 aliphatic rings. The van der Waals surface area contributed by atoms with Crippen LogP contribution in [0.15, 0.2) is 30.6 Å². The van der Waals surface area contributed by atoms with E-state index in [0.29, 0.717) is 5.82 Å². The highest BCUT2D eigenvalue weighted by Crippen LogP contribution is 2.21. The van der Waals surface area contributed by atoms with Crippen molar-refractivity contribution in [3.05, 3.63) is 57.9 Å². The standard InChI is InChI=1S/C12H11FN4O3/c1-16(7-11-14-4-5-15-11)12(18)9-6-8(13)2-3-10(9)17(19)20/h2-6H,7H2,1H3,(H,14,15). The fourth-order valence-corrected chi connectivity index (χ4v) is 1.73. The molecule has 0 atom stereocenters. The Morgan fingerprint density at radius 1 is 1.55 bits per heavy atom. The lowest BCUT2D eigenvalue weighted by molar-refractivity contribution is -0.385. The average Bonchev–Trinajstić information content (AvgIpc) is 2.90. The number of carbonyl (C=O) groups is 1. The Labute approximate surface area is 113 Å². The van der Waals surface area contributed by atoms with Crippen LogP contribution in [-0.2, 0) is 6.54 Å². The third-order valence-corrected chi connectivity index (χ3v) is 2.67. The average molecular weight is 278 g/mol. The molecule has 1 aromatic carbocycles. The van der Waals surface area contributed by atoms with Crippen molar-refractivity contribution in [2.75, 3.05) is 7.05 Å². The number of aromatic nitrogens is 2. The predicted octanol–water partition coefficient (Wildman–Crippen LogP) is 1.73. The van der Waals surface area contributed by atoms with Crippen LogP contribution in [0.1, 0.15) is 16.2 Å². The Balaban J connectivity index is 2.28. The number of amides is 1. The Kier molecular flexibility index (Phi) is 3.74. The first kappa shape index (κ1) is 13.7. The number of nitro groups is 1. The molecule has 1 N–H and O–H groups in total. The van der Waals surface area contributed by atoms with Crippen LogP contribution in [-0.4, -0.2) is 32.7 Å². The second-order valence-electron chi connectivity index (χ2n) is 4.12. The van der Waals surface area contributed by atoms with Crippen LogP contribution in [0.5, 0.6) is 0 Å². The van der Waals surface area contributed by atoms with Crippen molar-refractivity contribution >= 4 is 11.6 Å². The number of halogens is 1. The zero-order chi connectivity index (χ0) is 14.7. The summed E-state index contributed by atoms with van der Waals surface area (Å²) in [5.74, 6) is -0.821. The number of nitro benzene ring substituents is 1. The van der Waals surface area contributed by atoms with E-state index in [1.54, 1.807) is 6.20 Å². The number of hydrogen-bond acceptors (Lipinski definition) is 4. The van der Waals surface area contributed by atoms with E-state index in [0.717, 1.165) is 18.2 Å². The smallest absolute Gasteiger partial charge is 0.282 e. The van der Waals surface area contributed by atoms with Gasteiger partial charge in [0.05, 0.1) is 11.5 Å². The molecule has 0 saturated carbocycles. The van der Waals surface area contributed by atoms with Gasteiger partial charge in [0.1, 0.15) is 17.2 Å². The normalized spacial score (nSPS) is 10.3. The van der Waals surface area contributed by atoms with E-state index in [2.05, 4.69) is 9.97 Å². The third-order valence-electron chi connectivity index (χ3n) is 2.67. The van der Waals surface area contributed by atoms with E-state index in [-0.39, 0.29) is 12.1 Å². The molecule has 0 bridgehead atoms. The first-order valence-corrected chi connectivity index (χ1v) is 5.66. The van der Waals surface area contributed by atoms with Crippen molar-refractivity contribution in [2.45, 2.75) is 6.54 Å². The maximum Gasteiger partial charge on any atom is 0.282 e. The number of rotatable bonds is 4. The molecule has 1 amide bonds. The zero-order valence-electron chi connectivity index (χ0n) is 10.5. The van der Waals surface area contributed by atoms with Crippen LogP contribution < -0.4 is 0 Å². The molecule has 7 nitrogen and oxygen atoms in total. The van der Waals surface area contributed by atoms with Crippen LogP contribution >= 0.6 is 0 Å². The number of benzene rings is 1. The van der Waals surface area contributed by atoms with Gasteiger partial charge in [0.2, 0.25) is 0 Å². The fraction of sp³-hybridized carbons (Fsp3) is 0.167. The van der Waals surface area contributed by atoms with Gasteiger partial charge in [0, 0.05) is 25.5 Å². The molecular formula is C12H11FN4O3. The molecule has 0 aliphatic heterocycles. The minimum atomic E-state index is -0.715. The molecule has 1 heterocycles. The van der Waals surface area contributed by atoms with Gasteiger partial charge in [-0.15, -0.1) is 0 Å². The van der Waals surface area contributed by atoms with E-state index < -0.39 is 22.3 Å². The van der Waals surface area contributed by atoms with Gasteiger partial charge in [-0.1, -0.05) is 0 Å². The lowest BCUT2D eigenvalue weighted by Crippen LogP contribution is -2.27. The molecule has 0 fully saturated rings. The molecule has 1 aromatic heterocycles. The largest absolute Gasteiger partial charge is 0.347 e. The minimum Gasteiger partial charge on any atom is -0.347 e. The van der Waals surface area contributed by atoms with Gasteiger partial charge in [-0.25, -0.2) is 9.37 Å². The van der Waals surface area contributed by atoms with Crippen molar-refractivity contribution in [3.8, 4) is 0 Å². The highest BCUT2D eigenvalue weighted by atomic mass is 19.1. The highest BCUT2D eigenvalue weighted by Gasteiger charge is 2.24. The van der Waals surface area contributed by atoms with Crippen LogP contribution in [0, 0.1) is 15.9 Å². The lowest BCUT2D eigenvalue weighted by Gasteiger charge is -2.15. The maximum atomic E-state index is 13.2. The monoisotopic (exact) mass is 278 g/mol. The molecule has 20 heavy (non-hydrogen) atoms. The first-order chi connectivity index (χ1) is 9.49. The van der Waals surface area contributed by atoms with Gasteiger partial charge in [0.25, 0.3) is 11.6 Å². The van der Waals surface area contributed by atoms with Crippen molar-refractivity contribution in [1.29, 1.82) is 0 Å². The summed E-state index contributed by atoms with van der Waals surface area (Å²) in [6.45, 7) is 0.138. The Hall–Kier alpha value is -2.77. The minimum absolute atomic E-state index is 0.138. The number of H-pyrrole nitrogens is 1. The van der Waals surface area contributed by atoms with Gasteiger partial charge in [-0.2, -0.15) is 0 Å². The SMILES string of the molecule is CN(Cc1ncc[nH]1)C(=O)c1cc(F)ccc1[N+](=O)[O-]. The molecule has 8 heteroatoms. The van der Waals surface area contributed by atoms with Crippen molar-refractivity contribution in [2.24, 2.45) is 0 Å². The Bertz CT molecular complexity index is 642. The number of nitrogens with zero attached hydrogens (tertiary/aromatic N) is 3. The van der Waals surface area contributed by atoms with Gasteiger partial charge in [-0.3, -0.25) is 14.9 Å². The second kappa shape index (κ2) is 5.47. The second-order valence-corrected chi connectivity index (χ2v) is 4.12. The maximum absolute atomic E-state index is 13.2. The molecule has 2 rings (SSSR count). The van der Waals surface area contributed by atoms with E-state index >= 15 is 0 Å². The summed E-state index contributed by atoms with van der Waals surface area (Å²) in [5.41, 5.74) is -0.716. The summed E-state index contributed by atoms with van der Waals surface area (Å²) < 4.78 is 13.2. The van der Waals surface area contributed by atoms with Crippen LogP contribution in [0.25, 0.3) is 0 Å². The van der Waals surface area contributed by atoms with Gasteiger partial charge in [0.15, 0.2) is 0 Å². The summed E-state index contributed by atoms with van der Waals surface area (Å²) >= 11 is 0. The van der Waals surface area contributed by atoms with Crippen molar-refractivity contribution in [1.82, 2.24) is 14.9 Å². The molecular weight excluding hydrogens is 267 g/mol. The summed E-state index contributed by atoms with van der Waals surface area (Å²) in [6.07, 6.45) is 3.12. The summed E-state index contributed by atoms with van der Waals surface area (Å²) in [4.78, 5) is 30.3. The lowest BCUT2D eigenvalue weighted by atomic mass is 10.1. The molecule has 0 aliphatic carbocycles. The van der Waals surface area contributed by atoms with E-state index in [1.165, 1.54) is 18.1 Å². The van der Waals surface area contributed by atoms with E-state index in [1.807, 2.05) is 0 Å². The summed E-state index contributed by atoms with van der Waals surface area (Å²) in [7, 11) is 1.46. The Morgan fingerprint density at radius 2 is 2.30 bits per heavy atom. The third kappa shape index (κ3) is 2.79. The molecule has 0 unspecified atom stereocenters. The molecule has 0 spiro atoms. The van der Waals surface area contributed by atoms with Crippen LogP contribution in [0.3, 0.4) is 0 Å². The first-order valence-electron chi connectivity index (χ1n) is 5.66. The number of imidazole rings is 1. The van der Waals surface area contributed by atoms with Gasteiger partial charge >= 0.3 is 0 Å². The fourth-order valence-electron chi connectivity index (χ4n) is 1.73. The predicted molar refractivity (Wildman–Crippen MR) is 67.4 cm³/mol. The molecule has 0 radical (unpaired) electrons. The van der Waals surface area contributed by atoms with E-state index in [9.17, 15) is 19.3 Å². The van der Waals surface area contributed by atoms with Gasteiger partial charge < -0.3 is 9.88 Å². The number of hydrogen-bond donors (Lipinski definition) is 1. The van der Waals surface area contributed by atoms with Crippen molar-refractivity contribution in [3.63, 3.8) is 0 Å².